The largest absolute Gasteiger partial charge is 0.492 e. The molecule has 0 unspecified atom stereocenters. The number of benzene rings is 1. The van der Waals surface area contributed by atoms with Crippen LogP contribution in [0, 0.1) is 0 Å². The summed E-state index contributed by atoms with van der Waals surface area (Å²) in [7, 11) is 0. The maximum absolute atomic E-state index is 5.51. The van der Waals surface area contributed by atoms with Crippen LogP contribution in [0.5, 0.6) is 5.75 Å². The fourth-order valence-corrected chi connectivity index (χ4v) is 1.29. The fourth-order valence-electron chi connectivity index (χ4n) is 1.29. The van der Waals surface area contributed by atoms with Gasteiger partial charge < -0.3 is 10.5 Å². The first-order chi connectivity index (χ1) is 6.38. The van der Waals surface area contributed by atoms with E-state index in [-0.39, 0.29) is 0 Å². The van der Waals surface area contributed by atoms with E-state index in [9.17, 15) is 0 Å². The molecule has 2 heteroatoms. The van der Waals surface area contributed by atoms with E-state index >= 15 is 0 Å². The molecule has 0 aliphatic carbocycles. The minimum Gasteiger partial charge on any atom is -0.492 e. The lowest BCUT2D eigenvalue weighted by Crippen LogP contribution is -2.11. The van der Waals surface area contributed by atoms with Crippen molar-refractivity contribution < 1.29 is 4.74 Å². The summed E-state index contributed by atoms with van der Waals surface area (Å²) in [6.07, 6.45) is 2.21. The number of hydrogen-bond acceptors (Lipinski definition) is 2. The molecule has 0 atom stereocenters. The van der Waals surface area contributed by atoms with E-state index in [4.69, 9.17) is 10.5 Å². The molecular weight excluding hydrogens is 162 g/mol. The van der Waals surface area contributed by atoms with Crippen molar-refractivity contribution in [2.45, 2.75) is 19.8 Å². The van der Waals surface area contributed by atoms with Crippen LogP contribution in [0.25, 0.3) is 0 Å². The molecule has 0 bridgehead atoms. The lowest BCUT2D eigenvalue weighted by molar-refractivity contribution is 0.324. The Bertz CT molecular complexity index is 248. The van der Waals surface area contributed by atoms with Crippen molar-refractivity contribution >= 4 is 0 Å². The van der Waals surface area contributed by atoms with E-state index < -0.39 is 0 Å². The molecule has 0 amide bonds. The molecule has 2 nitrogen and oxygen atoms in total. The molecule has 0 saturated heterocycles. The summed E-state index contributed by atoms with van der Waals surface area (Å²) < 4.78 is 5.51. The SMILES string of the molecule is CCCc1ccccc1OCCN. The second-order valence-corrected chi connectivity index (χ2v) is 2.99. The van der Waals surface area contributed by atoms with E-state index in [1.165, 1.54) is 5.56 Å². The monoisotopic (exact) mass is 179 g/mol. The Hall–Kier alpha value is -1.02. The molecule has 0 radical (unpaired) electrons. The lowest BCUT2D eigenvalue weighted by atomic mass is 10.1. The Morgan fingerprint density at radius 1 is 1.31 bits per heavy atom. The molecule has 0 aromatic heterocycles. The molecule has 0 saturated carbocycles. The van der Waals surface area contributed by atoms with Crippen molar-refractivity contribution in [3.8, 4) is 5.75 Å². The molecule has 1 aromatic carbocycles. The van der Waals surface area contributed by atoms with Gasteiger partial charge in [-0.15, -0.1) is 0 Å². The first-order valence-corrected chi connectivity index (χ1v) is 4.79. The van der Waals surface area contributed by atoms with Gasteiger partial charge in [0.15, 0.2) is 0 Å². The highest BCUT2D eigenvalue weighted by molar-refractivity contribution is 5.33. The molecule has 2 N–H and O–H groups in total. The van der Waals surface area contributed by atoms with E-state index in [0.29, 0.717) is 13.2 Å². The average molecular weight is 179 g/mol. The summed E-state index contributed by atoms with van der Waals surface area (Å²) >= 11 is 0. The number of nitrogens with two attached hydrogens (primary N) is 1. The standard InChI is InChI=1S/C11H17NO/c1-2-5-10-6-3-4-7-11(10)13-9-8-12/h3-4,6-7H,2,5,8-9,12H2,1H3. The van der Waals surface area contributed by atoms with Crippen LogP contribution in [0.1, 0.15) is 18.9 Å². The molecule has 0 aliphatic heterocycles. The minimum absolute atomic E-state index is 0.570. The van der Waals surface area contributed by atoms with Crippen molar-refractivity contribution in [3.63, 3.8) is 0 Å². The Kier molecular flexibility index (Phi) is 4.33. The van der Waals surface area contributed by atoms with Crippen molar-refractivity contribution in [1.29, 1.82) is 0 Å². The summed E-state index contributed by atoms with van der Waals surface area (Å²) in [5, 5.41) is 0. The minimum atomic E-state index is 0.570. The lowest BCUT2D eigenvalue weighted by Gasteiger charge is -2.09. The van der Waals surface area contributed by atoms with Gasteiger partial charge in [0.2, 0.25) is 0 Å². The van der Waals surface area contributed by atoms with Gasteiger partial charge in [-0.3, -0.25) is 0 Å². The summed E-state index contributed by atoms with van der Waals surface area (Å²) in [5.74, 6) is 0.981. The summed E-state index contributed by atoms with van der Waals surface area (Å²) in [4.78, 5) is 0. The van der Waals surface area contributed by atoms with Crippen molar-refractivity contribution in [3.05, 3.63) is 29.8 Å². The third-order valence-corrected chi connectivity index (χ3v) is 1.87. The van der Waals surface area contributed by atoms with E-state index in [1.54, 1.807) is 0 Å². The van der Waals surface area contributed by atoms with Crippen LogP contribution in [-0.4, -0.2) is 13.2 Å². The van der Waals surface area contributed by atoms with Crippen LogP contribution in [0.2, 0.25) is 0 Å². The molecule has 0 aliphatic rings. The van der Waals surface area contributed by atoms with Gasteiger partial charge in [-0.2, -0.15) is 0 Å². The highest BCUT2D eigenvalue weighted by atomic mass is 16.5. The molecule has 72 valence electrons. The first-order valence-electron chi connectivity index (χ1n) is 4.79. The third kappa shape index (κ3) is 3.07. The number of ether oxygens (including phenoxy) is 1. The van der Waals surface area contributed by atoms with Crippen LogP contribution < -0.4 is 10.5 Å². The Morgan fingerprint density at radius 2 is 2.08 bits per heavy atom. The molecular formula is C11H17NO. The zero-order chi connectivity index (χ0) is 9.52. The van der Waals surface area contributed by atoms with E-state index in [1.807, 2.05) is 18.2 Å². The Morgan fingerprint density at radius 3 is 2.77 bits per heavy atom. The van der Waals surface area contributed by atoms with Crippen molar-refractivity contribution in [2.75, 3.05) is 13.2 Å². The number of rotatable bonds is 5. The second kappa shape index (κ2) is 5.60. The first kappa shape index (κ1) is 10.1. The molecule has 13 heavy (non-hydrogen) atoms. The highest BCUT2D eigenvalue weighted by Crippen LogP contribution is 2.18. The molecule has 1 aromatic rings. The van der Waals surface area contributed by atoms with Crippen molar-refractivity contribution in [1.82, 2.24) is 0 Å². The normalized spacial score (nSPS) is 10.0. The molecule has 1 rings (SSSR count). The fraction of sp³-hybridized carbons (Fsp3) is 0.455. The Labute approximate surface area is 79.7 Å². The van der Waals surface area contributed by atoms with E-state index in [0.717, 1.165) is 18.6 Å². The van der Waals surface area contributed by atoms with Gasteiger partial charge in [0.1, 0.15) is 12.4 Å². The van der Waals surface area contributed by atoms with Crippen LogP contribution in [0.3, 0.4) is 0 Å². The number of hydrogen-bond donors (Lipinski definition) is 1. The highest BCUT2D eigenvalue weighted by Gasteiger charge is 2.00. The molecule has 0 spiro atoms. The van der Waals surface area contributed by atoms with Crippen LogP contribution in [-0.2, 0) is 6.42 Å². The average Bonchev–Trinajstić information content (AvgIpc) is 2.17. The predicted molar refractivity (Wildman–Crippen MR) is 55.0 cm³/mol. The summed E-state index contributed by atoms with van der Waals surface area (Å²) in [6, 6.07) is 8.14. The quantitative estimate of drug-likeness (QED) is 0.750. The molecule has 0 heterocycles. The van der Waals surface area contributed by atoms with Gasteiger partial charge in [-0.05, 0) is 18.1 Å². The van der Waals surface area contributed by atoms with Crippen LogP contribution in [0.15, 0.2) is 24.3 Å². The summed E-state index contributed by atoms with van der Waals surface area (Å²) in [6.45, 7) is 3.33. The van der Waals surface area contributed by atoms with Gasteiger partial charge in [-0.1, -0.05) is 31.5 Å². The Balaban J connectivity index is 2.66. The topological polar surface area (TPSA) is 35.2 Å². The maximum atomic E-state index is 5.51. The third-order valence-electron chi connectivity index (χ3n) is 1.87. The van der Waals surface area contributed by atoms with Gasteiger partial charge in [0.05, 0.1) is 0 Å². The van der Waals surface area contributed by atoms with Gasteiger partial charge >= 0.3 is 0 Å². The zero-order valence-corrected chi connectivity index (χ0v) is 8.12. The van der Waals surface area contributed by atoms with Crippen LogP contribution >= 0.6 is 0 Å². The van der Waals surface area contributed by atoms with Crippen LogP contribution in [0.4, 0.5) is 0 Å². The predicted octanol–water partition coefficient (Wildman–Crippen LogP) is 1.98. The smallest absolute Gasteiger partial charge is 0.122 e. The number of para-hydroxylation sites is 1. The van der Waals surface area contributed by atoms with Gasteiger partial charge in [-0.25, -0.2) is 0 Å². The van der Waals surface area contributed by atoms with E-state index in [2.05, 4.69) is 13.0 Å². The zero-order valence-electron chi connectivity index (χ0n) is 8.12. The number of aryl methyl sites for hydroxylation is 1. The van der Waals surface area contributed by atoms with Gasteiger partial charge in [0.25, 0.3) is 0 Å². The summed E-state index contributed by atoms with van der Waals surface area (Å²) in [5.41, 5.74) is 6.65. The van der Waals surface area contributed by atoms with Crippen molar-refractivity contribution in [2.24, 2.45) is 5.73 Å². The molecule has 0 fully saturated rings. The second-order valence-electron chi connectivity index (χ2n) is 2.99. The maximum Gasteiger partial charge on any atom is 0.122 e. The van der Waals surface area contributed by atoms with Gasteiger partial charge in [0, 0.05) is 6.54 Å².